The van der Waals surface area contributed by atoms with Crippen LogP contribution in [0.15, 0.2) is 60.7 Å². The lowest BCUT2D eigenvalue weighted by Gasteiger charge is -2.39. The summed E-state index contributed by atoms with van der Waals surface area (Å²) in [7, 11) is 0. The van der Waals surface area contributed by atoms with Crippen LogP contribution in [-0.4, -0.2) is 13.1 Å². The fourth-order valence-electron chi connectivity index (χ4n) is 2.06. The molecule has 2 rings (SSSR count). The Balaban J connectivity index is 2.58. The van der Waals surface area contributed by atoms with Gasteiger partial charge in [-0.15, -0.1) is 0 Å². The molecule has 0 spiro atoms. The third-order valence-corrected chi connectivity index (χ3v) is 3.56. The van der Waals surface area contributed by atoms with Gasteiger partial charge in [0.2, 0.25) is 2.86 Å². The number of aliphatic hydroxyl groups is 2. The summed E-state index contributed by atoms with van der Waals surface area (Å²) in [6.45, 7) is 3.52. The molecule has 0 heterocycles. The van der Waals surface area contributed by atoms with Crippen molar-refractivity contribution in [1.82, 2.24) is 0 Å². The summed E-state index contributed by atoms with van der Waals surface area (Å²) in [6.07, 6.45) is 0. The van der Waals surface area contributed by atoms with Gasteiger partial charge in [-0.1, -0.05) is 60.7 Å². The molecule has 2 aromatic rings. The van der Waals surface area contributed by atoms with Crippen molar-refractivity contribution < 1.29 is 10.2 Å². The maximum atomic E-state index is 7.54. The summed E-state index contributed by atoms with van der Waals surface area (Å²) in [5, 5.41) is 10.1. The normalized spacial score (nSPS) is 19.2. The minimum Gasteiger partial charge on any atom is -0.382 e. The minimum atomic E-state index is -1.10. The van der Waals surface area contributed by atoms with Gasteiger partial charge in [0.1, 0.15) is 11.2 Å². The van der Waals surface area contributed by atoms with Crippen molar-refractivity contribution in [3.63, 3.8) is 0 Å². The van der Waals surface area contributed by atoms with Crippen LogP contribution < -0.4 is 0 Å². The van der Waals surface area contributed by atoms with Crippen LogP contribution in [0.2, 0.25) is 0 Å². The quantitative estimate of drug-likeness (QED) is 0.849. The lowest BCUT2D eigenvalue weighted by Crippen LogP contribution is -2.45. The van der Waals surface area contributed by atoms with E-state index in [1.165, 1.54) is 0 Å². The van der Waals surface area contributed by atoms with Crippen molar-refractivity contribution in [2.75, 3.05) is 0 Å². The van der Waals surface area contributed by atoms with E-state index >= 15 is 0 Å². The lowest BCUT2D eigenvalue weighted by molar-refractivity contribution is -0.143. The molecule has 0 amide bonds. The van der Waals surface area contributed by atoms with Gasteiger partial charge in [0.05, 0.1) is 0 Å². The van der Waals surface area contributed by atoms with Gasteiger partial charge in [-0.25, -0.2) is 0 Å². The molecule has 0 unspecified atom stereocenters. The molecule has 2 nitrogen and oxygen atoms in total. The molecule has 2 heteroatoms. The monoisotopic (exact) mass is 244 g/mol. The van der Waals surface area contributed by atoms with Crippen molar-refractivity contribution >= 4 is 0 Å². The zero-order chi connectivity index (χ0) is 14.6. The van der Waals surface area contributed by atoms with Crippen LogP contribution in [0.25, 0.3) is 0 Å². The molecule has 0 bridgehead atoms. The van der Waals surface area contributed by atoms with Crippen molar-refractivity contribution in [2.45, 2.75) is 25.0 Å². The smallest absolute Gasteiger partial charge is 0.212 e. The molecule has 0 saturated carbocycles. The first-order chi connectivity index (χ1) is 9.58. The molecule has 0 aromatic heterocycles. The van der Waals surface area contributed by atoms with Gasteiger partial charge >= 0.3 is 0 Å². The van der Waals surface area contributed by atoms with Crippen LogP contribution >= 0.6 is 0 Å². The highest BCUT2D eigenvalue weighted by atomic mass is 16.4. The number of hydrogen-bond donors (Lipinski definition) is 2. The molecule has 0 fully saturated rings. The van der Waals surface area contributed by atoms with Gasteiger partial charge in [0.25, 0.3) is 0 Å². The van der Waals surface area contributed by atoms with Crippen LogP contribution in [0.3, 0.4) is 0 Å². The summed E-state index contributed by atoms with van der Waals surface area (Å²) in [5.74, 6) is 0. The van der Waals surface area contributed by atoms with E-state index in [0.29, 0.717) is 0 Å². The highest BCUT2D eigenvalue weighted by Gasteiger charge is 2.44. The van der Waals surface area contributed by atoms with Crippen LogP contribution in [0, 0.1) is 0 Å². The minimum absolute atomic E-state index is 0.786. The van der Waals surface area contributed by atoms with Crippen molar-refractivity contribution in [3.8, 4) is 0 Å². The highest BCUT2D eigenvalue weighted by Crippen LogP contribution is 2.39. The number of benzene rings is 2. The number of rotatable bonds is 5. The predicted molar refractivity (Wildman–Crippen MR) is 72.0 cm³/mol. The number of hydrogen-bond acceptors (Lipinski definition) is 2. The summed E-state index contributed by atoms with van der Waals surface area (Å²) >= 11 is 0. The van der Waals surface area contributed by atoms with E-state index in [1.807, 2.05) is 60.7 Å². The first-order valence-electron chi connectivity index (χ1n) is 6.80. The third kappa shape index (κ3) is 2.05. The summed E-state index contributed by atoms with van der Waals surface area (Å²) in [6, 6.07) is 18.8. The Labute approximate surface area is 111 Å². The Morgan fingerprint density at radius 3 is 1.33 bits per heavy atom. The molecule has 0 aliphatic carbocycles. The van der Waals surface area contributed by atoms with E-state index in [0.717, 1.165) is 11.1 Å². The molecule has 18 heavy (non-hydrogen) atoms. The Hall–Kier alpha value is -1.64. The van der Waals surface area contributed by atoms with Gasteiger partial charge in [-0.3, -0.25) is 0 Å². The van der Waals surface area contributed by atoms with Gasteiger partial charge in [0.15, 0.2) is 0 Å². The van der Waals surface area contributed by atoms with Crippen molar-refractivity contribution in [2.24, 2.45) is 0 Å². The Morgan fingerprint density at radius 1 is 0.722 bits per heavy atom. The summed E-state index contributed by atoms with van der Waals surface area (Å²) in [5.41, 5.74) is -0.628. The molecule has 0 radical (unpaired) electrons. The maximum absolute atomic E-state index is 7.54. The van der Waals surface area contributed by atoms with Gasteiger partial charge in [-0.2, -0.15) is 0 Å². The first kappa shape index (κ1) is 10.3. The third-order valence-electron chi connectivity index (χ3n) is 3.56. The van der Waals surface area contributed by atoms with E-state index in [-0.39, 0.29) is 0 Å². The predicted octanol–water partition coefficient (Wildman–Crippen LogP) is 2.80. The fraction of sp³-hybridized carbons (Fsp3) is 0.250. The molecular weight excluding hydrogens is 224 g/mol. The summed E-state index contributed by atoms with van der Waals surface area (Å²) < 4.78 is 15.1. The second kappa shape index (κ2) is 4.56. The largest absolute Gasteiger partial charge is 0.382 e. The average Bonchev–Trinajstić information content (AvgIpc) is 2.54. The SMILES string of the molecule is [2H]O[C@@](C)(c1ccccc1)[C@@](C)(O[2H])c1ccccc1. The van der Waals surface area contributed by atoms with Gasteiger partial charge in [-0.05, 0) is 25.0 Å². The standard InChI is InChI=1S/C16H18O2/c1-15(17,13-9-5-3-6-10-13)16(2,18)14-11-7-4-8-12-14/h3-12,17-18H,1-2H3/t15-,16-/m0/s1/i17D,18D. The molecule has 94 valence electrons. The molecule has 0 aliphatic heterocycles. The van der Waals surface area contributed by atoms with Gasteiger partial charge < -0.3 is 10.2 Å². The molecule has 2 aromatic carbocycles. The maximum Gasteiger partial charge on any atom is 0.212 e. The zero-order valence-electron chi connectivity index (χ0n) is 12.6. The van der Waals surface area contributed by atoms with Crippen LogP contribution in [0.1, 0.15) is 25.0 Å². The van der Waals surface area contributed by atoms with E-state index in [2.05, 4.69) is 0 Å². The molecule has 0 aliphatic rings. The first-order valence-corrected chi connectivity index (χ1v) is 5.98. The van der Waals surface area contributed by atoms with E-state index in [9.17, 15) is 0 Å². The Kier molecular flexibility index (Phi) is 2.61. The lowest BCUT2D eigenvalue weighted by atomic mass is 9.76. The van der Waals surface area contributed by atoms with E-state index in [1.54, 1.807) is 13.8 Å². The Morgan fingerprint density at radius 2 is 1.06 bits per heavy atom. The Bertz CT molecular complexity index is 495. The molecule has 0 saturated heterocycles. The van der Waals surface area contributed by atoms with Crippen LogP contribution in [0.5, 0.6) is 0 Å². The second-order valence-corrected chi connectivity index (χ2v) is 4.80. The van der Waals surface area contributed by atoms with Crippen molar-refractivity contribution in [1.29, 1.82) is 2.86 Å². The topological polar surface area (TPSA) is 40.5 Å². The molecular formula is C16H18O2. The van der Waals surface area contributed by atoms with Crippen molar-refractivity contribution in [3.05, 3.63) is 71.8 Å². The highest BCUT2D eigenvalue weighted by molar-refractivity contribution is 5.32. The van der Waals surface area contributed by atoms with E-state index in [4.69, 9.17) is 13.1 Å². The van der Waals surface area contributed by atoms with E-state index < -0.39 is 11.2 Å². The van der Waals surface area contributed by atoms with Crippen LogP contribution in [0.4, 0.5) is 0 Å². The molecule has 2 N–H and O–H groups in total. The summed E-state index contributed by atoms with van der Waals surface area (Å²) in [4.78, 5) is 0. The van der Waals surface area contributed by atoms with Crippen LogP contribution in [-0.2, 0) is 11.2 Å². The second-order valence-electron chi connectivity index (χ2n) is 4.80. The molecule has 2 atom stereocenters. The zero-order valence-corrected chi connectivity index (χ0v) is 10.6. The van der Waals surface area contributed by atoms with Gasteiger partial charge in [0, 0.05) is 0 Å². The average molecular weight is 244 g/mol. The fourth-order valence-corrected chi connectivity index (χ4v) is 2.06.